The summed E-state index contributed by atoms with van der Waals surface area (Å²) in [6.07, 6.45) is 3.70. The van der Waals surface area contributed by atoms with Crippen LogP contribution in [0.3, 0.4) is 0 Å². The highest BCUT2D eigenvalue weighted by molar-refractivity contribution is 7.98. The summed E-state index contributed by atoms with van der Waals surface area (Å²) in [6.45, 7) is 0. The second-order valence-corrected chi connectivity index (χ2v) is 2.91. The Morgan fingerprint density at radius 2 is 2.36 bits per heavy atom. The monoisotopic (exact) mass is 169 g/mol. The Kier molecular flexibility index (Phi) is 2.59. The quantitative estimate of drug-likeness (QED) is 0.657. The van der Waals surface area contributed by atoms with Crippen molar-refractivity contribution in [3.05, 3.63) is 12.3 Å². The van der Waals surface area contributed by atoms with Crippen LogP contribution in [0.25, 0.3) is 0 Å². The summed E-state index contributed by atoms with van der Waals surface area (Å²) in [5.41, 5.74) is 6.58. The molecule has 3 nitrogen and oxygen atoms in total. The molecule has 0 amide bonds. The van der Waals surface area contributed by atoms with Gasteiger partial charge in [-0.2, -0.15) is 0 Å². The third-order valence-electron chi connectivity index (χ3n) is 1.39. The van der Waals surface area contributed by atoms with Gasteiger partial charge in [0.15, 0.2) is 0 Å². The molecule has 0 bridgehead atoms. The molecule has 0 unspecified atom stereocenters. The molecule has 3 N–H and O–H groups in total. The first-order chi connectivity index (χ1) is 5.27. The molecule has 60 valence electrons. The number of anilines is 2. The first kappa shape index (κ1) is 8.20. The molecule has 0 saturated carbocycles. The average molecular weight is 169 g/mol. The molecule has 11 heavy (non-hydrogen) atoms. The van der Waals surface area contributed by atoms with E-state index in [0.29, 0.717) is 5.82 Å². The van der Waals surface area contributed by atoms with Crippen LogP contribution in [0.15, 0.2) is 17.2 Å². The number of hydrogen-bond acceptors (Lipinski definition) is 4. The largest absolute Gasteiger partial charge is 0.387 e. The normalized spacial score (nSPS) is 9.64. The van der Waals surface area contributed by atoms with Crippen LogP contribution in [0, 0.1) is 0 Å². The van der Waals surface area contributed by atoms with Crippen LogP contribution < -0.4 is 11.1 Å². The topological polar surface area (TPSA) is 50.9 Å². The lowest BCUT2D eigenvalue weighted by atomic mass is 10.4. The van der Waals surface area contributed by atoms with Gasteiger partial charge in [0.05, 0.1) is 16.8 Å². The summed E-state index contributed by atoms with van der Waals surface area (Å²) < 4.78 is 0. The van der Waals surface area contributed by atoms with Gasteiger partial charge in [-0.15, -0.1) is 11.8 Å². The third-order valence-corrected chi connectivity index (χ3v) is 2.16. The van der Waals surface area contributed by atoms with E-state index in [-0.39, 0.29) is 0 Å². The Morgan fingerprint density at radius 1 is 1.64 bits per heavy atom. The molecule has 0 aliphatic heterocycles. The van der Waals surface area contributed by atoms with Gasteiger partial charge in [-0.3, -0.25) is 0 Å². The molecule has 0 aliphatic carbocycles. The number of nitrogens with zero attached hydrogens (tertiary/aromatic N) is 1. The van der Waals surface area contributed by atoms with Crippen molar-refractivity contribution in [3.63, 3.8) is 0 Å². The number of nitrogens with two attached hydrogens (primary N) is 1. The maximum Gasteiger partial charge on any atom is 0.137 e. The van der Waals surface area contributed by atoms with Gasteiger partial charge in [-0.05, 0) is 12.3 Å². The van der Waals surface area contributed by atoms with E-state index < -0.39 is 0 Å². The Hall–Kier alpha value is -0.900. The Morgan fingerprint density at radius 3 is 2.91 bits per heavy atom. The standard InChI is InChI=1S/C7H11N3S/c1-9-5-3-6(11-2)7(8)10-4-5/h3-4,9H,1-2H3,(H2,8,10). The second-order valence-electron chi connectivity index (χ2n) is 2.06. The van der Waals surface area contributed by atoms with Crippen molar-refractivity contribution >= 4 is 23.3 Å². The number of nitrogen functional groups attached to an aromatic ring is 1. The highest BCUT2D eigenvalue weighted by Gasteiger charge is 1.98. The molecule has 1 aromatic heterocycles. The lowest BCUT2D eigenvalue weighted by Crippen LogP contribution is -1.95. The Bertz CT molecular complexity index is 249. The number of aromatic nitrogens is 1. The van der Waals surface area contributed by atoms with Gasteiger partial charge < -0.3 is 11.1 Å². The lowest BCUT2D eigenvalue weighted by Gasteiger charge is -2.03. The van der Waals surface area contributed by atoms with Crippen LogP contribution in [-0.4, -0.2) is 18.3 Å². The summed E-state index contributed by atoms with van der Waals surface area (Å²) in [7, 11) is 1.86. The van der Waals surface area contributed by atoms with Gasteiger partial charge in [0.1, 0.15) is 5.82 Å². The van der Waals surface area contributed by atoms with E-state index in [2.05, 4.69) is 10.3 Å². The van der Waals surface area contributed by atoms with Crippen LogP contribution in [0.4, 0.5) is 11.5 Å². The summed E-state index contributed by atoms with van der Waals surface area (Å²) in [4.78, 5) is 5.03. The smallest absolute Gasteiger partial charge is 0.137 e. The van der Waals surface area contributed by atoms with Crippen LogP contribution >= 0.6 is 11.8 Å². The molecule has 1 rings (SSSR count). The van der Waals surface area contributed by atoms with Crippen molar-refractivity contribution in [1.82, 2.24) is 4.98 Å². The van der Waals surface area contributed by atoms with Crippen molar-refractivity contribution in [3.8, 4) is 0 Å². The summed E-state index contributed by atoms with van der Waals surface area (Å²) >= 11 is 1.60. The highest BCUT2D eigenvalue weighted by atomic mass is 32.2. The highest BCUT2D eigenvalue weighted by Crippen LogP contribution is 2.23. The maximum atomic E-state index is 5.59. The molecule has 0 aromatic carbocycles. The Labute approximate surface area is 70.4 Å². The fraction of sp³-hybridized carbons (Fsp3) is 0.286. The lowest BCUT2D eigenvalue weighted by molar-refractivity contribution is 1.24. The van der Waals surface area contributed by atoms with E-state index in [1.165, 1.54) is 0 Å². The zero-order valence-electron chi connectivity index (χ0n) is 6.59. The van der Waals surface area contributed by atoms with E-state index in [0.717, 1.165) is 10.6 Å². The van der Waals surface area contributed by atoms with E-state index in [1.54, 1.807) is 18.0 Å². The minimum absolute atomic E-state index is 0.594. The van der Waals surface area contributed by atoms with Crippen LogP contribution in [0.2, 0.25) is 0 Å². The molecular weight excluding hydrogens is 158 g/mol. The van der Waals surface area contributed by atoms with Crippen molar-refractivity contribution in [2.75, 3.05) is 24.4 Å². The third kappa shape index (κ3) is 1.77. The molecule has 0 spiro atoms. The first-order valence-electron chi connectivity index (χ1n) is 3.25. The average Bonchev–Trinajstić information content (AvgIpc) is 2.05. The van der Waals surface area contributed by atoms with Gasteiger partial charge in [0, 0.05) is 7.05 Å². The van der Waals surface area contributed by atoms with E-state index in [1.807, 2.05) is 19.4 Å². The first-order valence-corrected chi connectivity index (χ1v) is 4.47. The zero-order valence-corrected chi connectivity index (χ0v) is 7.40. The molecule has 0 atom stereocenters. The summed E-state index contributed by atoms with van der Waals surface area (Å²) in [5.74, 6) is 0.594. The number of thioether (sulfide) groups is 1. The summed E-state index contributed by atoms with van der Waals surface area (Å²) in [6, 6.07) is 1.98. The number of nitrogens with one attached hydrogen (secondary N) is 1. The van der Waals surface area contributed by atoms with Crippen molar-refractivity contribution < 1.29 is 0 Å². The van der Waals surface area contributed by atoms with E-state index in [9.17, 15) is 0 Å². The zero-order chi connectivity index (χ0) is 8.27. The molecule has 1 heterocycles. The molecule has 0 aliphatic rings. The minimum Gasteiger partial charge on any atom is -0.387 e. The van der Waals surface area contributed by atoms with Gasteiger partial charge in [-0.1, -0.05) is 0 Å². The predicted molar refractivity (Wildman–Crippen MR) is 50.0 cm³/mol. The molecular formula is C7H11N3S. The number of pyridine rings is 1. The molecule has 4 heteroatoms. The predicted octanol–water partition coefficient (Wildman–Crippen LogP) is 1.43. The second kappa shape index (κ2) is 3.48. The van der Waals surface area contributed by atoms with Gasteiger partial charge in [0.2, 0.25) is 0 Å². The van der Waals surface area contributed by atoms with Gasteiger partial charge in [0.25, 0.3) is 0 Å². The van der Waals surface area contributed by atoms with Gasteiger partial charge in [-0.25, -0.2) is 4.98 Å². The maximum absolute atomic E-state index is 5.59. The Balaban J connectivity index is 3.02. The number of rotatable bonds is 2. The van der Waals surface area contributed by atoms with Crippen LogP contribution in [0.5, 0.6) is 0 Å². The van der Waals surface area contributed by atoms with E-state index >= 15 is 0 Å². The van der Waals surface area contributed by atoms with Crippen molar-refractivity contribution in [1.29, 1.82) is 0 Å². The molecule has 1 aromatic rings. The fourth-order valence-electron chi connectivity index (χ4n) is 0.755. The molecule has 0 fully saturated rings. The van der Waals surface area contributed by atoms with Crippen LogP contribution in [-0.2, 0) is 0 Å². The molecule has 0 radical (unpaired) electrons. The van der Waals surface area contributed by atoms with Gasteiger partial charge >= 0.3 is 0 Å². The van der Waals surface area contributed by atoms with Crippen molar-refractivity contribution in [2.45, 2.75) is 4.90 Å². The van der Waals surface area contributed by atoms with E-state index in [4.69, 9.17) is 5.73 Å². The molecule has 0 saturated heterocycles. The fourth-order valence-corrected chi connectivity index (χ4v) is 1.26. The van der Waals surface area contributed by atoms with Crippen molar-refractivity contribution in [2.24, 2.45) is 0 Å². The number of hydrogen-bond donors (Lipinski definition) is 2. The minimum atomic E-state index is 0.594. The van der Waals surface area contributed by atoms with Crippen LogP contribution in [0.1, 0.15) is 0 Å². The SMILES string of the molecule is CNc1cnc(N)c(SC)c1. The summed E-state index contributed by atoms with van der Waals surface area (Å²) in [5, 5.41) is 3.00.